The van der Waals surface area contributed by atoms with Crippen molar-refractivity contribution in [1.82, 2.24) is 9.80 Å². The minimum atomic E-state index is -0.335. The fraction of sp³-hybridized carbons (Fsp3) is 0.588. The molecule has 4 nitrogen and oxygen atoms in total. The summed E-state index contributed by atoms with van der Waals surface area (Å²) in [6.07, 6.45) is 2.77. The molecular weight excluding hydrogens is 283 g/mol. The average Bonchev–Trinajstić information content (AvgIpc) is 2.95. The van der Waals surface area contributed by atoms with Crippen molar-refractivity contribution >= 4 is 5.91 Å². The Kier molecular flexibility index (Phi) is 4.45. The van der Waals surface area contributed by atoms with Gasteiger partial charge in [0.2, 0.25) is 0 Å². The first kappa shape index (κ1) is 15.4. The van der Waals surface area contributed by atoms with Crippen molar-refractivity contribution in [3.63, 3.8) is 0 Å². The summed E-state index contributed by atoms with van der Waals surface area (Å²) in [6.45, 7) is 4.52. The van der Waals surface area contributed by atoms with E-state index < -0.39 is 0 Å². The Bertz CT molecular complexity index is 556. The first-order valence-corrected chi connectivity index (χ1v) is 8.04. The van der Waals surface area contributed by atoms with Crippen LogP contribution in [0.5, 0.6) is 0 Å². The lowest BCUT2D eigenvalue weighted by Crippen LogP contribution is -2.53. The third-order valence-electron chi connectivity index (χ3n) is 4.93. The molecule has 3 rings (SSSR count). The lowest BCUT2D eigenvalue weighted by atomic mass is 10.1. The van der Waals surface area contributed by atoms with Gasteiger partial charge in [-0.15, -0.1) is 0 Å². The van der Waals surface area contributed by atoms with Crippen molar-refractivity contribution in [1.29, 1.82) is 0 Å². The number of aliphatic hydroxyl groups is 1. The third kappa shape index (κ3) is 3.01. The largest absolute Gasteiger partial charge is 0.391 e. The van der Waals surface area contributed by atoms with Gasteiger partial charge in [-0.1, -0.05) is 6.07 Å². The molecule has 1 saturated heterocycles. The van der Waals surface area contributed by atoms with Crippen molar-refractivity contribution in [2.24, 2.45) is 0 Å². The van der Waals surface area contributed by atoms with Gasteiger partial charge in [0, 0.05) is 37.8 Å². The summed E-state index contributed by atoms with van der Waals surface area (Å²) in [5, 5.41) is 9.99. The molecule has 0 bridgehead atoms. The van der Waals surface area contributed by atoms with E-state index in [2.05, 4.69) is 4.90 Å². The van der Waals surface area contributed by atoms with E-state index in [-0.39, 0.29) is 23.9 Å². The van der Waals surface area contributed by atoms with E-state index in [1.54, 1.807) is 24.0 Å². The van der Waals surface area contributed by atoms with Crippen LogP contribution in [0.3, 0.4) is 0 Å². The van der Waals surface area contributed by atoms with Gasteiger partial charge >= 0.3 is 0 Å². The van der Waals surface area contributed by atoms with E-state index in [1.807, 2.05) is 0 Å². The van der Waals surface area contributed by atoms with Crippen LogP contribution in [0.4, 0.5) is 4.39 Å². The zero-order chi connectivity index (χ0) is 15.7. The van der Waals surface area contributed by atoms with Gasteiger partial charge in [0.05, 0.1) is 6.10 Å². The van der Waals surface area contributed by atoms with Gasteiger partial charge in [-0.3, -0.25) is 9.69 Å². The normalized spacial score (nSPS) is 26.4. The molecule has 1 heterocycles. The second kappa shape index (κ2) is 6.34. The van der Waals surface area contributed by atoms with E-state index in [4.69, 9.17) is 0 Å². The van der Waals surface area contributed by atoms with Gasteiger partial charge in [-0.25, -0.2) is 4.39 Å². The number of aryl methyl sites for hydroxylation is 1. The Hall–Kier alpha value is -1.46. The van der Waals surface area contributed by atoms with Crippen LogP contribution in [0.15, 0.2) is 18.2 Å². The Morgan fingerprint density at radius 1 is 1.23 bits per heavy atom. The molecular formula is C17H23FN2O2. The van der Waals surface area contributed by atoms with Gasteiger partial charge in [0.15, 0.2) is 0 Å². The molecule has 1 aliphatic carbocycles. The van der Waals surface area contributed by atoms with E-state index in [0.29, 0.717) is 24.2 Å². The Labute approximate surface area is 130 Å². The molecule has 5 heteroatoms. The fourth-order valence-electron chi connectivity index (χ4n) is 3.51. The van der Waals surface area contributed by atoms with Crippen LogP contribution in [-0.4, -0.2) is 59.1 Å². The number of hydrogen-bond donors (Lipinski definition) is 1. The molecule has 0 spiro atoms. The number of rotatable bonds is 2. The predicted octanol–water partition coefficient (Wildman–Crippen LogP) is 1.81. The minimum Gasteiger partial charge on any atom is -0.391 e. The van der Waals surface area contributed by atoms with Crippen molar-refractivity contribution in [2.75, 3.05) is 26.2 Å². The molecule has 0 aromatic heterocycles. The minimum absolute atomic E-state index is 0.106. The number of halogens is 1. The van der Waals surface area contributed by atoms with Gasteiger partial charge in [-0.2, -0.15) is 0 Å². The summed E-state index contributed by atoms with van der Waals surface area (Å²) in [4.78, 5) is 16.5. The number of aliphatic hydroxyl groups excluding tert-OH is 1. The molecule has 22 heavy (non-hydrogen) atoms. The van der Waals surface area contributed by atoms with Crippen LogP contribution >= 0.6 is 0 Å². The second-order valence-electron chi connectivity index (χ2n) is 6.36. The molecule has 1 aliphatic heterocycles. The molecule has 120 valence electrons. The fourth-order valence-corrected chi connectivity index (χ4v) is 3.51. The lowest BCUT2D eigenvalue weighted by molar-refractivity contribution is 0.0315. The summed E-state index contributed by atoms with van der Waals surface area (Å²) >= 11 is 0. The number of carbonyl (C=O) groups is 1. The molecule has 1 N–H and O–H groups in total. The maximum absolute atomic E-state index is 13.6. The van der Waals surface area contributed by atoms with E-state index in [1.165, 1.54) is 6.07 Å². The van der Waals surface area contributed by atoms with E-state index in [0.717, 1.165) is 32.4 Å². The SMILES string of the molecule is Cc1ccc(C(=O)N2CCN([C@H]3CCC[C@@H]3O)CC2)cc1F. The van der Waals surface area contributed by atoms with Crippen molar-refractivity contribution in [2.45, 2.75) is 38.3 Å². The van der Waals surface area contributed by atoms with E-state index in [9.17, 15) is 14.3 Å². The number of carbonyl (C=O) groups excluding carboxylic acids is 1. The molecule has 2 fully saturated rings. The van der Waals surface area contributed by atoms with Crippen LogP contribution in [0.1, 0.15) is 35.2 Å². The van der Waals surface area contributed by atoms with Gasteiger partial charge in [0.25, 0.3) is 5.91 Å². The number of amides is 1. The molecule has 0 unspecified atom stereocenters. The maximum Gasteiger partial charge on any atom is 0.254 e. The topological polar surface area (TPSA) is 43.8 Å². The highest BCUT2D eigenvalue weighted by molar-refractivity contribution is 5.94. The van der Waals surface area contributed by atoms with Crippen LogP contribution in [-0.2, 0) is 0 Å². The van der Waals surface area contributed by atoms with Gasteiger partial charge in [0.1, 0.15) is 5.82 Å². The maximum atomic E-state index is 13.6. The molecule has 2 aliphatic rings. The van der Waals surface area contributed by atoms with Gasteiger partial charge < -0.3 is 10.0 Å². The number of piperazine rings is 1. The number of benzene rings is 1. The monoisotopic (exact) mass is 306 g/mol. The molecule has 1 saturated carbocycles. The Morgan fingerprint density at radius 2 is 1.95 bits per heavy atom. The average molecular weight is 306 g/mol. The number of nitrogens with zero attached hydrogens (tertiary/aromatic N) is 2. The van der Waals surface area contributed by atoms with Crippen molar-refractivity contribution in [3.8, 4) is 0 Å². The molecule has 1 aromatic rings. The smallest absolute Gasteiger partial charge is 0.254 e. The lowest BCUT2D eigenvalue weighted by Gasteiger charge is -2.39. The zero-order valence-corrected chi connectivity index (χ0v) is 13.0. The molecule has 1 aromatic carbocycles. The third-order valence-corrected chi connectivity index (χ3v) is 4.93. The van der Waals surface area contributed by atoms with Crippen molar-refractivity contribution < 1.29 is 14.3 Å². The Morgan fingerprint density at radius 3 is 2.55 bits per heavy atom. The van der Waals surface area contributed by atoms with Gasteiger partial charge in [-0.05, 0) is 43.9 Å². The first-order valence-electron chi connectivity index (χ1n) is 8.04. The van der Waals surface area contributed by atoms with E-state index >= 15 is 0 Å². The molecule has 1 amide bonds. The van der Waals surface area contributed by atoms with Crippen LogP contribution in [0.25, 0.3) is 0 Å². The highest BCUT2D eigenvalue weighted by atomic mass is 19.1. The van der Waals surface area contributed by atoms with Crippen molar-refractivity contribution in [3.05, 3.63) is 35.1 Å². The molecule has 2 atom stereocenters. The summed E-state index contributed by atoms with van der Waals surface area (Å²) in [5.41, 5.74) is 0.967. The summed E-state index contributed by atoms with van der Waals surface area (Å²) in [6, 6.07) is 4.90. The predicted molar refractivity (Wildman–Crippen MR) is 82.3 cm³/mol. The van der Waals surface area contributed by atoms with Crippen LogP contribution in [0.2, 0.25) is 0 Å². The standard InChI is InChI=1S/C17H23FN2O2/c1-12-5-6-13(11-14(12)18)17(22)20-9-7-19(8-10-20)15-3-2-4-16(15)21/h5-6,11,15-16,21H,2-4,7-10H2,1H3/t15-,16-/m0/s1. The second-order valence-corrected chi connectivity index (χ2v) is 6.36. The Balaban J connectivity index is 1.61. The summed E-state index contributed by atoms with van der Waals surface area (Å²) in [5.74, 6) is -0.441. The zero-order valence-electron chi connectivity index (χ0n) is 13.0. The number of hydrogen-bond acceptors (Lipinski definition) is 3. The first-order chi connectivity index (χ1) is 10.6. The highest BCUT2D eigenvalue weighted by Gasteiger charge is 2.33. The molecule has 0 radical (unpaired) electrons. The van der Waals surface area contributed by atoms with Crippen LogP contribution < -0.4 is 0 Å². The summed E-state index contributed by atoms with van der Waals surface area (Å²) in [7, 11) is 0. The highest BCUT2D eigenvalue weighted by Crippen LogP contribution is 2.25. The summed E-state index contributed by atoms with van der Waals surface area (Å²) < 4.78 is 13.6. The van der Waals surface area contributed by atoms with Crippen LogP contribution in [0, 0.1) is 12.7 Å². The quantitative estimate of drug-likeness (QED) is 0.906.